The molecular weight excluding hydrogens is 270 g/mol. The van der Waals surface area contributed by atoms with Gasteiger partial charge in [0, 0.05) is 11.8 Å². The van der Waals surface area contributed by atoms with Gasteiger partial charge in [-0.25, -0.2) is 4.98 Å². The summed E-state index contributed by atoms with van der Waals surface area (Å²) < 4.78 is 5.22. The number of amides is 2. The Balaban J connectivity index is 1.84. The van der Waals surface area contributed by atoms with Crippen LogP contribution in [0.2, 0.25) is 0 Å². The van der Waals surface area contributed by atoms with Crippen molar-refractivity contribution in [1.29, 1.82) is 0 Å². The first kappa shape index (κ1) is 13.9. The zero-order valence-electron chi connectivity index (χ0n) is 12.1. The van der Waals surface area contributed by atoms with E-state index in [9.17, 15) is 9.59 Å². The number of rotatable bonds is 3. The lowest BCUT2D eigenvalue weighted by Crippen LogP contribution is -2.65. The molecule has 0 aromatic carbocycles. The lowest BCUT2D eigenvalue weighted by molar-refractivity contribution is -0.150. The van der Waals surface area contributed by atoms with Crippen LogP contribution in [0, 0.1) is 0 Å². The highest BCUT2D eigenvalue weighted by atomic mass is 16.5. The Kier molecular flexibility index (Phi) is 3.53. The van der Waals surface area contributed by atoms with Gasteiger partial charge in [-0.1, -0.05) is 18.9 Å². The Hall–Kier alpha value is -2.11. The van der Waals surface area contributed by atoms with E-state index in [0.717, 1.165) is 31.2 Å². The smallest absolute Gasteiger partial charge is 0.249 e. The fourth-order valence-corrected chi connectivity index (χ4v) is 3.29. The van der Waals surface area contributed by atoms with Gasteiger partial charge in [0.25, 0.3) is 0 Å². The van der Waals surface area contributed by atoms with E-state index in [1.54, 1.807) is 24.3 Å². The van der Waals surface area contributed by atoms with Crippen LogP contribution >= 0.6 is 0 Å². The van der Waals surface area contributed by atoms with Crippen LogP contribution in [-0.4, -0.2) is 40.9 Å². The summed E-state index contributed by atoms with van der Waals surface area (Å²) in [5.41, 5.74) is 0.140. The molecule has 2 amide bonds. The Morgan fingerprint density at radius 3 is 2.86 bits per heavy atom. The molecule has 0 radical (unpaired) electrons. The van der Waals surface area contributed by atoms with E-state index in [-0.39, 0.29) is 18.4 Å². The summed E-state index contributed by atoms with van der Waals surface area (Å²) in [6.07, 6.45) is 5.08. The predicted octanol–water partition coefficient (Wildman–Crippen LogP) is 0.861. The number of pyridine rings is 1. The molecule has 21 heavy (non-hydrogen) atoms. The molecule has 2 heterocycles. The number of aromatic nitrogens is 1. The zero-order chi connectivity index (χ0) is 14.9. The summed E-state index contributed by atoms with van der Waals surface area (Å²) in [6, 6.07) is 3.67. The highest BCUT2D eigenvalue weighted by molar-refractivity contribution is 5.98. The number of hydrogen-bond acceptors (Lipinski definition) is 4. The summed E-state index contributed by atoms with van der Waals surface area (Å²) in [7, 11) is 1.55. The molecule has 1 aromatic rings. The lowest BCUT2D eigenvalue weighted by Gasteiger charge is -2.39. The maximum Gasteiger partial charge on any atom is 0.249 e. The van der Waals surface area contributed by atoms with Gasteiger partial charge < -0.3 is 15.0 Å². The SMILES string of the molecule is COc1ncccc1CN1CC(=O)NC2(CCCC2)C1=O. The number of carbonyl (C=O) groups is 2. The van der Waals surface area contributed by atoms with Gasteiger partial charge in [-0.3, -0.25) is 9.59 Å². The van der Waals surface area contributed by atoms with Crippen molar-refractivity contribution >= 4 is 11.8 Å². The number of piperazine rings is 1. The molecule has 1 aliphatic heterocycles. The summed E-state index contributed by atoms with van der Waals surface area (Å²) in [6.45, 7) is 0.448. The van der Waals surface area contributed by atoms with E-state index in [0.29, 0.717) is 12.4 Å². The van der Waals surface area contributed by atoms with Crippen LogP contribution in [-0.2, 0) is 16.1 Å². The molecule has 0 atom stereocenters. The van der Waals surface area contributed by atoms with E-state index < -0.39 is 5.54 Å². The summed E-state index contributed by atoms with van der Waals surface area (Å²) >= 11 is 0. The molecule has 1 saturated carbocycles. The standard InChI is InChI=1S/C15H19N3O3/c1-21-13-11(5-4-8-16-13)9-18-10-12(19)17-15(14(18)20)6-2-3-7-15/h4-5,8H,2-3,6-7,9-10H2,1H3,(H,17,19). The van der Waals surface area contributed by atoms with Crippen molar-refractivity contribution in [3.05, 3.63) is 23.9 Å². The Labute approximate surface area is 123 Å². The topological polar surface area (TPSA) is 71.5 Å². The molecule has 0 unspecified atom stereocenters. The number of carbonyl (C=O) groups excluding carboxylic acids is 2. The van der Waals surface area contributed by atoms with Crippen molar-refractivity contribution < 1.29 is 14.3 Å². The first-order chi connectivity index (χ1) is 10.1. The van der Waals surface area contributed by atoms with Gasteiger partial charge in [0.1, 0.15) is 5.54 Å². The van der Waals surface area contributed by atoms with E-state index in [2.05, 4.69) is 10.3 Å². The number of methoxy groups -OCH3 is 1. The van der Waals surface area contributed by atoms with Gasteiger partial charge in [-0.15, -0.1) is 0 Å². The Morgan fingerprint density at radius 1 is 1.38 bits per heavy atom. The fourth-order valence-electron chi connectivity index (χ4n) is 3.29. The van der Waals surface area contributed by atoms with Crippen molar-refractivity contribution in [3.63, 3.8) is 0 Å². The molecule has 2 fully saturated rings. The second-order valence-corrected chi connectivity index (χ2v) is 5.67. The molecule has 2 aliphatic rings. The third-order valence-corrected chi connectivity index (χ3v) is 4.27. The molecule has 1 saturated heterocycles. The average Bonchev–Trinajstić information content (AvgIpc) is 2.94. The quantitative estimate of drug-likeness (QED) is 0.896. The van der Waals surface area contributed by atoms with Crippen molar-refractivity contribution in [2.75, 3.05) is 13.7 Å². The molecule has 3 rings (SSSR count). The van der Waals surface area contributed by atoms with Crippen molar-refractivity contribution in [3.8, 4) is 5.88 Å². The van der Waals surface area contributed by atoms with Gasteiger partial charge in [0.05, 0.1) is 20.2 Å². The van der Waals surface area contributed by atoms with Gasteiger partial charge in [-0.2, -0.15) is 0 Å². The first-order valence-electron chi connectivity index (χ1n) is 7.23. The molecule has 1 aliphatic carbocycles. The Morgan fingerprint density at radius 2 is 2.14 bits per heavy atom. The largest absolute Gasteiger partial charge is 0.481 e. The van der Waals surface area contributed by atoms with E-state index in [4.69, 9.17) is 4.74 Å². The molecular formula is C15H19N3O3. The van der Waals surface area contributed by atoms with Crippen LogP contribution in [0.1, 0.15) is 31.2 Å². The minimum Gasteiger partial charge on any atom is -0.481 e. The van der Waals surface area contributed by atoms with Crippen LogP contribution in [0.5, 0.6) is 5.88 Å². The third-order valence-electron chi connectivity index (χ3n) is 4.27. The fraction of sp³-hybridized carbons (Fsp3) is 0.533. The van der Waals surface area contributed by atoms with Gasteiger partial charge in [0.2, 0.25) is 17.7 Å². The zero-order valence-corrected chi connectivity index (χ0v) is 12.1. The molecule has 1 N–H and O–H groups in total. The van der Waals surface area contributed by atoms with Crippen LogP contribution in [0.4, 0.5) is 0 Å². The predicted molar refractivity (Wildman–Crippen MR) is 75.5 cm³/mol. The molecule has 0 bridgehead atoms. The maximum absolute atomic E-state index is 12.7. The second-order valence-electron chi connectivity index (χ2n) is 5.67. The minimum absolute atomic E-state index is 0.0190. The van der Waals surface area contributed by atoms with E-state index in [1.165, 1.54) is 0 Å². The van der Waals surface area contributed by atoms with Crippen molar-refractivity contribution in [1.82, 2.24) is 15.2 Å². The highest BCUT2D eigenvalue weighted by Crippen LogP contribution is 2.34. The van der Waals surface area contributed by atoms with Gasteiger partial charge >= 0.3 is 0 Å². The number of nitrogens with zero attached hydrogens (tertiary/aromatic N) is 2. The molecule has 112 valence electrons. The number of ether oxygens (including phenoxy) is 1. The number of hydrogen-bond donors (Lipinski definition) is 1. The van der Waals surface area contributed by atoms with Crippen LogP contribution < -0.4 is 10.1 Å². The maximum atomic E-state index is 12.7. The van der Waals surface area contributed by atoms with Crippen LogP contribution in [0.3, 0.4) is 0 Å². The average molecular weight is 289 g/mol. The Bertz CT molecular complexity index is 567. The highest BCUT2D eigenvalue weighted by Gasteiger charge is 2.48. The van der Waals surface area contributed by atoms with E-state index in [1.807, 2.05) is 6.07 Å². The van der Waals surface area contributed by atoms with E-state index >= 15 is 0 Å². The van der Waals surface area contributed by atoms with Gasteiger partial charge in [0.15, 0.2) is 0 Å². The summed E-state index contributed by atoms with van der Waals surface area (Å²) in [4.78, 5) is 30.5. The van der Waals surface area contributed by atoms with Crippen molar-refractivity contribution in [2.45, 2.75) is 37.8 Å². The lowest BCUT2D eigenvalue weighted by atomic mass is 9.93. The van der Waals surface area contributed by atoms with Crippen LogP contribution in [0.25, 0.3) is 0 Å². The first-order valence-corrected chi connectivity index (χ1v) is 7.23. The number of nitrogens with one attached hydrogen (secondary N) is 1. The normalized spacial score (nSPS) is 20.7. The monoisotopic (exact) mass is 289 g/mol. The molecule has 6 nitrogen and oxygen atoms in total. The summed E-state index contributed by atoms with van der Waals surface area (Å²) in [5.74, 6) is 0.432. The molecule has 1 aromatic heterocycles. The van der Waals surface area contributed by atoms with Gasteiger partial charge in [-0.05, 0) is 18.9 Å². The third kappa shape index (κ3) is 2.46. The van der Waals surface area contributed by atoms with Crippen LogP contribution in [0.15, 0.2) is 18.3 Å². The summed E-state index contributed by atoms with van der Waals surface area (Å²) in [5, 5.41) is 2.91. The molecule has 1 spiro atoms. The van der Waals surface area contributed by atoms with Crippen molar-refractivity contribution in [2.24, 2.45) is 0 Å². The molecule has 6 heteroatoms. The second kappa shape index (κ2) is 5.35. The minimum atomic E-state index is -0.676.